The van der Waals surface area contributed by atoms with Crippen LogP contribution in [0.5, 0.6) is 0 Å². The summed E-state index contributed by atoms with van der Waals surface area (Å²) in [5, 5.41) is 17.6. The van der Waals surface area contributed by atoms with Gasteiger partial charge in [-0.2, -0.15) is 0 Å². The van der Waals surface area contributed by atoms with Gasteiger partial charge in [-0.3, -0.25) is 0 Å². The van der Waals surface area contributed by atoms with Gasteiger partial charge in [-0.25, -0.2) is 4.79 Å². The standard InChI is InChI=1S/C14H18N2O3S/c1-10-5-7-20-11(10)8-15-13(17)16-9-14(2,18)12-4-3-6-19-12/h3-7,18H,8-9H2,1-2H3,(H2,15,16,17). The van der Waals surface area contributed by atoms with Crippen molar-refractivity contribution in [2.45, 2.75) is 26.0 Å². The normalized spacial score (nSPS) is 13.8. The van der Waals surface area contributed by atoms with Gasteiger partial charge in [0.05, 0.1) is 19.4 Å². The number of carbonyl (C=O) groups is 1. The summed E-state index contributed by atoms with van der Waals surface area (Å²) in [6, 6.07) is 5.07. The minimum atomic E-state index is -1.22. The number of aryl methyl sites for hydroxylation is 1. The Hall–Kier alpha value is -1.79. The number of carbonyl (C=O) groups excluding carboxylic acids is 1. The average molecular weight is 294 g/mol. The molecule has 2 aromatic rings. The van der Waals surface area contributed by atoms with Crippen molar-refractivity contribution in [1.29, 1.82) is 0 Å². The highest BCUT2D eigenvalue weighted by atomic mass is 32.1. The van der Waals surface area contributed by atoms with E-state index in [9.17, 15) is 9.90 Å². The van der Waals surface area contributed by atoms with E-state index in [4.69, 9.17) is 4.42 Å². The SMILES string of the molecule is Cc1ccsc1CNC(=O)NCC(C)(O)c1ccco1. The number of hydrogen-bond acceptors (Lipinski definition) is 4. The zero-order valence-electron chi connectivity index (χ0n) is 11.5. The molecule has 0 spiro atoms. The Balaban J connectivity index is 1.79. The van der Waals surface area contributed by atoms with Gasteiger partial charge in [0.25, 0.3) is 0 Å². The van der Waals surface area contributed by atoms with E-state index in [1.54, 1.807) is 30.4 Å². The molecule has 5 nitrogen and oxygen atoms in total. The van der Waals surface area contributed by atoms with Gasteiger partial charge in [-0.15, -0.1) is 11.3 Å². The highest BCUT2D eigenvalue weighted by molar-refractivity contribution is 7.10. The van der Waals surface area contributed by atoms with Crippen molar-refractivity contribution < 1.29 is 14.3 Å². The smallest absolute Gasteiger partial charge is 0.315 e. The maximum Gasteiger partial charge on any atom is 0.315 e. The summed E-state index contributed by atoms with van der Waals surface area (Å²) < 4.78 is 5.15. The zero-order chi connectivity index (χ0) is 14.6. The Kier molecular flexibility index (Phi) is 4.46. The van der Waals surface area contributed by atoms with Crippen LogP contribution in [-0.4, -0.2) is 17.7 Å². The first-order valence-corrected chi connectivity index (χ1v) is 7.18. The number of nitrogens with one attached hydrogen (secondary N) is 2. The van der Waals surface area contributed by atoms with E-state index >= 15 is 0 Å². The summed E-state index contributed by atoms with van der Waals surface area (Å²) in [6.45, 7) is 4.16. The highest BCUT2D eigenvalue weighted by Gasteiger charge is 2.26. The largest absolute Gasteiger partial charge is 0.466 e. The molecule has 0 aliphatic heterocycles. The van der Waals surface area contributed by atoms with E-state index in [0.29, 0.717) is 12.3 Å². The number of furan rings is 1. The van der Waals surface area contributed by atoms with Crippen LogP contribution in [0.15, 0.2) is 34.3 Å². The van der Waals surface area contributed by atoms with Gasteiger partial charge < -0.3 is 20.2 Å². The van der Waals surface area contributed by atoms with Crippen molar-refractivity contribution >= 4 is 17.4 Å². The van der Waals surface area contributed by atoms with E-state index in [1.165, 1.54) is 6.26 Å². The topological polar surface area (TPSA) is 74.5 Å². The molecule has 0 radical (unpaired) electrons. The van der Waals surface area contributed by atoms with E-state index in [-0.39, 0.29) is 12.6 Å². The van der Waals surface area contributed by atoms with Crippen LogP contribution in [0.1, 0.15) is 23.1 Å². The number of thiophene rings is 1. The van der Waals surface area contributed by atoms with E-state index in [2.05, 4.69) is 10.6 Å². The molecule has 2 aromatic heterocycles. The average Bonchev–Trinajstić information content (AvgIpc) is 3.05. The number of amides is 2. The maximum absolute atomic E-state index is 11.7. The first-order valence-electron chi connectivity index (χ1n) is 6.30. The Morgan fingerprint density at radius 3 is 2.85 bits per heavy atom. The van der Waals surface area contributed by atoms with Crippen molar-refractivity contribution in [1.82, 2.24) is 10.6 Å². The molecule has 6 heteroatoms. The molecule has 3 N–H and O–H groups in total. The lowest BCUT2D eigenvalue weighted by atomic mass is 10.0. The van der Waals surface area contributed by atoms with Crippen molar-refractivity contribution in [3.8, 4) is 0 Å². The Labute approximate surface area is 121 Å². The molecule has 2 heterocycles. The first-order chi connectivity index (χ1) is 9.49. The highest BCUT2D eigenvalue weighted by Crippen LogP contribution is 2.19. The molecule has 2 amide bonds. The van der Waals surface area contributed by atoms with Gasteiger partial charge in [0.15, 0.2) is 0 Å². The Morgan fingerprint density at radius 1 is 1.45 bits per heavy atom. The third kappa shape index (κ3) is 3.61. The van der Waals surface area contributed by atoms with Crippen molar-refractivity contribution in [2.75, 3.05) is 6.54 Å². The van der Waals surface area contributed by atoms with E-state index in [1.807, 2.05) is 18.4 Å². The van der Waals surface area contributed by atoms with Crippen LogP contribution < -0.4 is 10.6 Å². The minimum Gasteiger partial charge on any atom is -0.466 e. The van der Waals surface area contributed by atoms with Crippen LogP contribution in [0, 0.1) is 6.92 Å². The maximum atomic E-state index is 11.7. The molecular formula is C14H18N2O3S. The third-order valence-corrected chi connectivity index (χ3v) is 4.05. The molecule has 0 fully saturated rings. The summed E-state index contributed by atoms with van der Waals surface area (Å²) in [6.07, 6.45) is 1.49. The number of hydrogen-bond donors (Lipinski definition) is 3. The Morgan fingerprint density at radius 2 is 2.25 bits per heavy atom. The van der Waals surface area contributed by atoms with Crippen molar-refractivity contribution in [3.05, 3.63) is 46.0 Å². The third-order valence-electron chi connectivity index (χ3n) is 3.02. The number of rotatable bonds is 5. The van der Waals surface area contributed by atoms with Crippen LogP contribution in [0.2, 0.25) is 0 Å². The van der Waals surface area contributed by atoms with Gasteiger partial charge in [0.2, 0.25) is 0 Å². The second-order valence-corrected chi connectivity index (χ2v) is 5.81. The van der Waals surface area contributed by atoms with Gasteiger partial charge >= 0.3 is 6.03 Å². The van der Waals surface area contributed by atoms with Crippen LogP contribution >= 0.6 is 11.3 Å². The molecular weight excluding hydrogens is 276 g/mol. The molecule has 0 aliphatic carbocycles. The van der Waals surface area contributed by atoms with Crippen LogP contribution in [0.25, 0.3) is 0 Å². The monoisotopic (exact) mass is 294 g/mol. The van der Waals surface area contributed by atoms with Crippen LogP contribution in [0.3, 0.4) is 0 Å². The van der Waals surface area contributed by atoms with Crippen molar-refractivity contribution in [3.63, 3.8) is 0 Å². The summed E-state index contributed by atoms with van der Waals surface area (Å²) in [7, 11) is 0. The molecule has 2 rings (SSSR count). The number of urea groups is 1. The second kappa shape index (κ2) is 6.11. The lowest BCUT2D eigenvalue weighted by Gasteiger charge is -2.21. The molecule has 0 aliphatic rings. The number of aliphatic hydroxyl groups is 1. The first kappa shape index (κ1) is 14.6. The fraction of sp³-hybridized carbons (Fsp3) is 0.357. The predicted molar refractivity (Wildman–Crippen MR) is 77.6 cm³/mol. The summed E-state index contributed by atoms with van der Waals surface area (Å²) in [4.78, 5) is 12.8. The lowest BCUT2D eigenvalue weighted by molar-refractivity contribution is 0.0367. The summed E-state index contributed by atoms with van der Waals surface area (Å²) in [5.41, 5.74) is -0.0578. The molecule has 1 atom stereocenters. The molecule has 20 heavy (non-hydrogen) atoms. The summed E-state index contributed by atoms with van der Waals surface area (Å²) in [5.74, 6) is 0.423. The van der Waals surface area contributed by atoms with Gasteiger partial charge in [-0.1, -0.05) is 0 Å². The molecule has 0 saturated heterocycles. The fourth-order valence-electron chi connectivity index (χ4n) is 1.73. The molecule has 0 bridgehead atoms. The second-order valence-electron chi connectivity index (χ2n) is 4.81. The summed E-state index contributed by atoms with van der Waals surface area (Å²) >= 11 is 1.61. The molecule has 0 aromatic carbocycles. The molecule has 108 valence electrons. The van der Waals surface area contributed by atoms with Gasteiger partial charge in [-0.05, 0) is 43.0 Å². The molecule has 0 saturated carbocycles. The van der Waals surface area contributed by atoms with Crippen LogP contribution in [-0.2, 0) is 12.1 Å². The predicted octanol–water partition coefficient (Wildman–Crippen LogP) is 2.36. The quantitative estimate of drug-likeness (QED) is 0.792. The van der Waals surface area contributed by atoms with E-state index < -0.39 is 5.60 Å². The van der Waals surface area contributed by atoms with Gasteiger partial charge in [0, 0.05) is 4.88 Å². The fourth-order valence-corrected chi connectivity index (χ4v) is 2.58. The Bertz CT molecular complexity index is 561. The van der Waals surface area contributed by atoms with Crippen molar-refractivity contribution in [2.24, 2.45) is 0 Å². The molecule has 1 unspecified atom stereocenters. The zero-order valence-corrected chi connectivity index (χ0v) is 12.3. The lowest BCUT2D eigenvalue weighted by Crippen LogP contribution is -2.43. The van der Waals surface area contributed by atoms with E-state index in [0.717, 1.165) is 10.4 Å². The van der Waals surface area contributed by atoms with Gasteiger partial charge in [0.1, 0.15) is 11.4 Å². The minimum absolute atomic E-state index is 0.0791. The van der Waals surface area contributed by atoms with Crippen LogP contribution in [0.4, 0.5) is 4.79 Å².